The predicted molar refractivity (Wildman–Crippen MR) is 74.4 cm³/mol. The maximum absolute atomic E-state index is 4.57. The first kappa shape index (κ1) is 13.0. The van der Waals surface area contributed by atoms with Gasteiger partial charge in [0.25, 0.3) is 0 Å². The molecule has 0 aliphatic heterocycles. The lowest BCUT2D eigenvalue weighted by Gasteiger charge is -2.03. The van der Waals surface area contributed by atoms with Crippen molar-refractivity contribution in [3.05, 3.63) is 22.2 Å². The van der Waals surface area contributed by atoms with Gasteiger partial charge in [-0.2, -0.15) is 9.47 Å². The van der Waals surface area contributed by atoms with Crippen LogP contribution in [-0.4, -0.2) is 19.1 Å². The fourth-order valence-electron chi connectivity index (χ4n) is 1.51. The summed E-state index contributed by atoms with van der Waals surface area (Å²) in [4.78, 5) is 4.17. The molecule has 0 saturated heterocycles. The maximum atomic E-state index is 4.57. The number of rotatable bonds is 5. The summed E-state index contributed by atoms with van der Waals surface area (Å²) in [5.74, 6) is 0.872. The highest BCUT2D eigenvalue weighted by Crippen LogP contribution is 2.29. The van der Waals surface area contributed by atoms with E-state index in [2.05, 4.69) is 48.9 Å². The molecule has 0 spiro atoms. The standard InChI is InChI=1S/C10H13BrN4S2/c1-3-7-9(11)8(15(4-2)14-7)5-16-10-12-6-13-17-10/h6H,3-5H2,1-2H3. The van der Waals surface area contributed by atoms with Gasteiger partial charge in [-0.3, -0.25) is 4.68 Å². The maximum Gasteiger partial charge on any atom is 0.170 e. The molecule has 0 aliphatic carbocycles. The zero-order valence-electron chi connectivity index (χ0n) is 9.68. The zero-order chi connectivity index (χ0) is 12.3. The minimum absolute atomic E-state index is 0.872. The van der Waals surface area contributed by atoms with Crippen molar-refractivity contribution in [3.63, 3.8) is 0 Å². The zero-order valence-corrected chi connectivity index (χ0v) is 12.9. The van der Waals surface area contributed by atoms with E-state index < -0.39 is 0 Å². The van der Waals surface area contributed by atoms with E-state index in [1.54, 1.807) is 18.1 Å². The molecule has 0 radical (unpaired) electrons. The van der Waals surface area contributed by atoms with Crippen LogP contribution in [-0.2, 0) is 18.7 Å². The molecule has 0 amide bonds. The van der Waals surface area contributed by atoms with Crippen molar-refractivity contribution in [1.82, 2.24) is 19.1 Å². The minimum atomic E-state index is 0.872. The molecule has 2 aromatic rings. The number of halogens is 1. The van der Waals surface area contributed by atoms with E-state index in [0.717, 1.165) is 33.2 Å². The average molecular weight is 333 g/mol. The number of thioether (sulfide) groups is 1. The normalized spacial score (nSPS) is 11.0. The third-order valence-electron chi connectivity index (χ3n) is 2.37. The monoisotopic (exact) mass is 332 g/mol. The van der Waals surface area contributed by atoms with Gasteiger partial charge in [0.05, 0.1) is 15.9 Å². The molecule has 7 heteroatoms. The topological polar surface area (TPSA) is 43.6 Å². The molecule has 4 nitrogen and oxygen atoms in total. The van der Waals surface area contributed by atoms with Crippen molar-refractivity contribution in [2.75, 3.05) is 0 Å². The van der Waals surface area contributed by atoms with Crippen LogP contribution in [0, 0.1) is 0 Å². The number of aromatic nitrogens is 4. The van der Waals surface area contributed by atoms with Crippen LogP contribution < -0.4 is 0 Å². The van der Waals surface area contributed by atoms with Gasteiger partial charge in [-0.25, -0.2) is 4.98 Å². The van der Waals surface area contributed by atoms with Crippen LogP contribution in [0.25, 0.3) is 0 Å². The SMILES string of the molecule is CCc1nn(CC)c(CSc2ncns2)c1Br. The molecule has 0 saturated carbocycles. The molecule has 17 heavy (non-hydrogen) atoms. The third kappa shape index (κ3) is 2.89. The molecule has 2 heterocycles. The number of nitrogens with zero attached hydrogens (tertiary/aromatic N) is 4. The Balaban J connectivity index is 2.16. The molecule has 92 valence electrons. The molecule has 0 aromatic carbocycles. The first-order chi connectivity index (χ1) is 8.26. The Bertz CT molecular complexity index is 481. The minimum Gasteiger partial charge on any atom is -0.268 e. The fourth-order valence-corrected chi connectivity index (χ4v) is 3.87. The highest BCUT2D eigenvalue weighted by molar-refractivity contribution is 9.10. The van der Waals surface area contributed by atoms with Crippen molar-refractivity contribution in [2.24, 2.45) is 0 Å². The van der Waals surface area contributed by atoms with Crippen molar-refractivity contribution in [1.29, 1.82) is 0 Å². The molecule has 0 N–H and O–H groups in total. The summed E-state index contributed by atoms with van der Waals surface area (Å²) in [7, 11) is 0. The quantitative estimate of drug-likeness (QED) is 0.787. The molecular formula is C10H13BrN4S2. The van der Waals surface area contributed by atoms with Gasteiger partial charge in [-0.05, 0) is 40.8 Å². The molecule has 0 bridgehead atoms. The Morgan fingerprint density at radius 2 is 2.29 bits per heavy atom. The molecule has 2 rings (SSSR count). The highest BCUT2D eigenvalue weighted by atomic mass is 79.9. The fraction of sp³-hybridized carbons (Fsp3) is 0.500. The second-order valence-electron chi connectivity index (χ2n) is 3.37. The molecule has 2 aromatic heterocycles. The molecule has 0 fully saturated rings. The largest absolute Gasteiger partial charge is 0.268 e. The van der Waals surface area contributed by atoms with Crippen LogP contribution in [0.15, 0.2) is 15.1 Å². The summed E-state index contributed by atoms with van der Waals surface area (Å²) in [5.41, 5.74) is 2.35. The van der Waals surface area contributed by atoms with E-state index in [1.807, 2.05) is 0 Å². The summed E-state index contributed by atoms with van der Waals surface area (Å²) < 4.78 is 8.19. The second kappa shape index (κ2) is 5.97. The third-order valence-corrected chi connectivity index (χ3v) is 5.09. The lowest BCUT2D eigenvalue weighted by atomic mass is 10.3. The van der Waals surface area contributed by atoms with E-state index in [0.29, 0.717) is 0 Å². The van der Waals surface area contributed by atoms with E-state index in [4.69, 9.17) is 0 Å². The Kier molecular flexibility index (Phi) is 4.58. The van der Waals surface area contributed by atoms with Crippen LogP contribution in [0.1, 0.15) is 25.2 Å². The molecule has 0 aliphatic rings. The van der Waals surface area contributed by atoms with Gasteiger partial charge < -0.3 is 0 Å². The van der Waals surface area contributed by atoms with Crippen molar-refractivity contribution >= 4 is 39.2 Å². The van der Waals surface area contributed by atoms with E-state index in [1.165, 1.54) is 17.2 Å². The van der Waals surface area contributed by atoms with Gasteiger partial charge in [0.2, 0.25) is 0 Å². The first-order valence-electron chi connectivity index (χ1n) is 5.39. The number of hydrogen-bond acceptors (Lipinski definition) is 5. The van der Waals surface area contributed by atoms with E-state index in [9.17, 15) is 0 Å². The Morgan fingerprint density at radius 1 is 1.47 bits per heavy atom. The van der Waals surface area contributed by atoms with Crippen molar-refractivity contribution < 1.29 is 0 Å². The van der Waals surface area contributed by atoms with Crippen LogP contribution in [0.5, 0.6) is 0 Å². The first-order valence-corrected chi connectivity index (χ1v) is 7.95. The summed E-state index contributed by atoms with van der Waals surface area (Å²) in [6, 6.07) is 0. The van der Waals surface area contributed by atoms with Gasteiger partial charge in [0.1, 0.15) is 6.33 Å². The van der Waals surface area contributed by atoms with Gasteiger partial charge in [0.15, 0.2) is 4.34 Å². The summed E-state index contributed by atoms with van der Waals surface area (Å²) in [5, 5.41) is 4.57. The number of aryl methyl sites for hydroxylation is 2. The highest BCUT2D eigenvalue weighted by Gasteiger charge is 2.14. The van der Waals surface area contributed by atoms with Gasteiger partial charge >= 0.3 is 0 Å². The smallest absolute Gasteiger partial charge is 0.170 e. The van der Waals surface area contributed by atoms with Crippen LogP contribution in [0.2, 0.25) is 0 Å². The lowest BCUT2D eigenvalue weighted by Crippen LogP contribution is -2.01. The second-order valence-corrected chi connectivity index (χ2v) is 6.17. The van der Waals surface area contributed by atoms with Crippen molar-refractivity contribution in [2.45, 2.75) is 36.9 Å². The molecule has 0 unspecified atom stereocenters. The Labute approximate surface area is 117 Å². The molecule has 0 atom stereocenters. The van der Waals surface area contributed by atoms with Crippen molar-refractivity contribution in [3.8, 4) is 0 Å². The molecular weight excluding hydrogens is 320 g/mol. The summed E-state index contributed by atoms with van der Waals surface area (Å²) in [6.07, 6.45) is 2.54. The van der Waals surface area contributed by atoms with Crippen LogP contribution in [0.3, 0.4) is 0 Å². The van der Waals surface area contributed by atoms with Gasteiger partial charge in [0, 0.05) is 12.3 Å². The summed E-state index contributed by atoms with van der Waals surface area (Å²) in [6.45, 7) is 5.12. The van der Waals surface area contributed by atoms with E-state index in [-0.39, 0.29) is 0 Å². The van der Waals surface area contributed by atoms with Gasteiger partial charge in [-0.15, -0.1) is 0 Å². The lowest BCUT2D eigenvalue weighted by molar-refractivity contribution is 0.627. The number of hydrogen-bond donors (Lipinski definition) is 0. The van der Waals surface area contributed by atoms with Crippen LogP contribution >= 0.6 is 39.2 Å². The van der Waals surface area contributed by atoms with E-state index >= 15 is 0 Å². The average Bonchev–Trinajstić information content (AvgIpc) is 2.94. The van der Waals surface area contributed by atoms with Crippen LogP contribution in [0.4, 0.5) is 0 Å². The summed E-state index contributed by atoms with van der Waals surface area (Å²) >= 11 is 6.77. The van der Waals surface area contributed by atoms with Gasteiger partial charge in [-0.1, -0.05) is 18.7 Å². The Morgan fingerprint density at radius 3 is 2.88 bits per heavy atom. The Hall–Kier alpha value is -0.400. The predicted octanol–water partition coefficient (Wildman–Crippen LogP) is 3.37.